The molecular weight excluding hydrogens is 1300 g/mol. The number of amides is 4. The van der Waals surface area contributed by atoms with Crippen LogP contribution in [0.3, 0.4) is 0 Å². The van der Waals surface area contributed by atoms with Gasteiger partial charge in [0.2, 0.25) is 0 Å². The number of hydrogen-bond donors (Lipinski definition) is 0. The van der Waals surface area contributed by atoms with Crippen LogP contribution in [0.4, 0.5) is 39.9 Å². The van der Waals surface area contributed by atoms with E-state index in [4.69, 9.17) is 28.4 Å². The first kappa shape index (κ1) is 83.0. The normalized spacial score (nSPS) is 14.9. The molecule has 0 saturated carbocycles. The van der Waals surface area contributed by atoms with E-state index in [1.165, 1.54) is 27.7 Å². The molecule has 1 unspecified atom stereocenters. The van der Waals surface area contributed by atoms with E-state index in [1.807, 2.05) is 0 Å². The van der Waals surface area contributed by atoms with Crippen LogP contribution in [0.15, 0.2) is 78.9 Å². The van der Waals surface area contributed by atoms with Crippen molar-refractivity contribution in [3.8, 4) is 11.5 Å². The van der Waals surface area contributed by atoms with Crippen molar-refractivity contribution in [1.29, 1.82) is 0 Å². The van der Waals surface area contributed by atoms with Crippen LogP contribution in [0.1, 0.15) is 146 Å². The standard InChI is InChI=1S/C68H92F8N4O17/c1-40(91-57(85)47(35-62(3,4)5)78(17)55(83)52(34-43-27-31-46(32-28-43)96-68(74,75)76)94-60(88)50(38-66(14,15)70)80(19)61(89)97-64(9,10)11)53(81)77(16)49(37-65(12,13)69)59(87)93-51(33-42-25-29-45(30-26-42)95-67(71,72)73)54(82)79(18)48(36-63(6,7)8)58(86)92-41(2)56(84)90-39-44-23-21-20-22-24-44/h20-32,40-41,47-52H,33-39H2,1-19H3/t40-,41-,47+,48?,49+,50+,51-,52-/m1/s1. The molecule has 3 aromatic rings. The highest BCUT2D eigenvalue weighted by Gasteiger charge is 2.45. The van der Waals surface area contributed by atoms with E-state index >= 15 is 8.78 Å². The smallest absolute Gasteiger partial charge is 0.458 e. The number of hydrogen-bond acceptors (Lipinski definition) is 17. The molecule has 0 fully saturated rings. The maximum absolute atomic E-state index is 16.0. The van der Waals surface area contributed by atoms with Gasteiger partial charge >= 0.3 is 48.7 Å². The van der Waals surface area contributed by atoms with Gasteiger partial charge in [0.25, 0.3) is 17.7 Å². The third kappa shape index (κ3) is 29.5. The third-order valence-corrected chi connectivity index (χ3v) is 14.4. The Morgan fingerprint density at radius 3 is 1.06 bits per heavy atom. The summed E-state index contributed by atoms with van der Waals surface area (Å²) < 4.78 is 152. The second kappa shape index (κ2) is 33.8. The third-order valence-electron chi connectivity index (χ3n) is 14.4. The minimum Gasteiger partial charge on any atom is -0.458 e. The van der Waals surface area contributed by atoms with Crippen LogP contribution in [-0.4, -0.2) is 180 Å². The highest BCUT2D eigenvalue weighted by molar-refractivity contribution is 5.93. The number of alkyl halides is 8. The fraction of sp³-hybridized carbons (Fsp3) is 0.603. The first-order valence-electron chi connectivity index (χ1n) is 31.0. The van der Waals surface area contributed by atoms with Gasteiger partial charge < -0.3 is 52.6 Å². The molecule has 0 aliphatic carbocycles. The van der Waals surface area contributed by atoms with Gasteiger partial charge in [-0.1, -0.05) is 96.1 Å². The van der Waals surface area contributed by atoms with E-state index in [-0.39, 0.29) is 30.6 Å². The summed E-state index contributed by atoms with van der Waals surface area (Å²) in [6.07, 6.45) is -21.8. The molecule has 0 radical (unpaired) electrons. The number of carbonyl (C=O) groups is 9. The maximum atomic E-state index is 16.0. The van der Waals surface area contributed by atoms with Crippen molar-refractivity contribution in [3.05, 3.63) is 95.6 Å². The molecule has 0 aromatic heterocycles. The summed E-state index contributed by atoms with van der Waals surface area (Å²) >= 11 is 0. The molecular formula is C68H92F8N4O17. The summed E-state index contributed by atoms with van der Waals surface area (Å²) in [4.78, 5) is 132. The Morgan fingerprint density at radius 2 is 0.722 bits per heavy atom. The highest BCUT2D eigenvalue weighted by atomic mass is 19.4. The average molecular weight is 1390 g/mol. The molecule has 97 heavy (non-hydrogen) atoms. The van der Waals surface area contributed by atoms with Gasteiger partial charge in [-0.2, -0.15) is 0 Å². The van der Waals surface area contributed by atoms with E-state index in [9.17, 15) is 69.5 Å². The summed E-state index contributed by atoms with van der Waals surface area (Å²) in [5.74, 6) is -10.8. The molecule has 3 rings (SSSR count). The minimum absolute atomic E-state index is 0.0633. The number of benzene rings is 3. The molecule has 0 spiro atoms. The lowest BCUT2D eigenvalue weighted by Gasteiger charge is -2.36. The minimum atomic E-state index is -5.09. The molecule has 0 heterocycles. The van der Waals surface area contributed by atoms with Gasteiger partial charge in [-0.15, -0.1) is 26.3 Å². The van der Waals surface area contributed by atoms with Gasteiger partial charge in [-0.25, -0.2) is 37.5 Å². The fourth-order valence-corrected chi connectivity index (χ4v) is 9.59. The van der Waals surface area contributed by atoms with Gasteiger partial charge in [-0.3, -0.25) is 19.3 Å². The zero-order valence-corrected chi connectivity index (χ0v) is 58.3. The number of carbonyl (C=O) groups excluding carboxylic acids is 9. The van der Waals surface area contributed by atoms with Crippen LogP contribution in [0.25, 0.3) is 0 Å². The van der Waals surface area contributed by atoms with E-state index in [2.05, 4.69) is 9.47 Å². The van der Waals surface area contributed by atoms with Crippen LogP contribution in [0.5, 0.6) is 11.5 Å². The molecule has 542 valence electrons. The predicted molar refractivity (Wildman–Crippen MR) is 336 cm³/mol. The number of esters is 5. The summed E-state index contributed by atoms with van der Waals surface area (Å²) in [6.45, 7) is 21.2. The monoisotopic (exact) mass is 1390 g/mol. The number of ether oxygens (including phenoxy) is 8. The number of nitrogens with zero attached hydrogens (tertiary/aromatic N) is 4. The van der Waals surface area contributed by atoms with Crippen LogP contribution in [-0.2, 0) is 86.2 Å². The Hall–Kier alpha value is -8.27. The molecule has 0 N–H and O–H groups in total. The van der Waals surface area contributed by atoms with E-state index in [0.717, 1.165) is 126 Å². The summed E-state index contributed by atoms with van der Waals surface area (Å²) in [7, 11) is 4.43. The fourth-order valence-electron chi connectivity index (χ4n) is 9.59. The molecule has 0 bridgehead atoms. The lowest BCUT2D eigenvalue weighted by atomic mass is 9.87. The quantitative estimate of drug-likeness (QED) is 0.0342. The Morgan fingerprint density at radius 1 is 0.392 bits per heavy atom. The number of likely N-dealkylation sites (N-methyl/N-ethyl adjacent to an activating group) is 4. The summed E-state index contributed by atoms with van der Waals surface area (Å²) in [6, 6.07) is 9.77. The molecule has 0 aliphatic rings. The number of rotatable bonds is 30. The van der Waals surface area contributed by atoms with Gasteiger partial charge in [0.1, 0.15) is 59.2 Å². The van der Waals surface area contributed by atoms with E-state index in [0.29, 0.717) is 10.5 Å². The molecule has 0 aliphatic heterocycles. The van der Waals surface area contributed by atoms with E-state index in [1.54, 1.807) is 71.9 Å². The molecule has 3 aromatic carbocycles. The Bertz CT molecular complexity index is 3150. The van der Waals surface area contributed by atoms with Gasteiger partial charge in [0.15, 0.2) is 24.4 Å². The van der Waals surface area contributed by atoms with Crippen molar-refractivity contribution in [2.24, 2.45) is 10.8 Å². The lowest BCUT2D eigenvalue weighted by Crippen LogP contribution is -2.54. The van der Waals surface area contributed by atoms with Crippen molar-refractivity contribution >= 4 is 53.7 Å². The molecule has 21 nitrogen and oxygen atoms in total. The highest BCUT2D eigenvalue weighted by Crippen LogP contribution is 2.32. The second-order valence-electron chi connectivity index (χ2n) is 28.3. The lowest BCUT2D eigenvalue weighted by molar-refractivity contribution is -0.275. The average Bonchev–Trinajstić information content (AvgIpc) is 0.824. The SMILES string of the molecule is C[C@@H](OC(=O)C(CC(C)(C)C)N(C)C(=O)[C@@H](Cc1ccc(OC(F)(F)F)cc1)OC(=O)[C@H](CC(C)(C)F)N(C)C(=O)[C@@H](C)OC(=O)[C@H](CC(C)(C)C)N(C)C(=O)[C@@H](Cc1ccc(OC(F)(F)F)cc1)OC(=O)[C@H](CC(C)(C)F)N(C)C(=O)OC(C)(C)C)C(=O)OCc1ccccc1. The zero-order valence-electron chi connectivity index (χ0n) is 58.3. The van der Waals surface area contributed by atoms with Gasteiger partial charge in [-0.05, 0) is 127 Å². The van der Waals surface area contributed by atoms with Gasteiger partial charge in [0.05, 0.1) is 0 Å². The first-order valence-corrected chi connectivity index (χ1v) is 31.0. The van der Waals surface area contributed by atoms with Gasteiger partial charge in [0, 0.05) is 53.9 Å². The van der Waals surface area contributed by atoms with Crippen molar-refractivity contribution in [2.75, 3.05) is 28.2 Å². The Labute approximate surface area is 561 Å². The topological polar surface area (TPSA) is 240 Å². The Balaban J connectivity index is 2.10. The van der Waals surface area contributed by atoms with E-state index < -0.39 is 180 Å². The van der Waals surface area contributed by atoms with Crippen molar-refractivity contribution < 1.29 is 116 Å². The van der Waals surface area contributed by atoms with Crippen molar-refractivity contribution in [1.82, 2.24) is 19.6 Å². The second-order valence-corrected chi connectivity index (χ2v) is 28.3. The maximum Gasteiger partial charge on any atom is 0.573 e. The molecule has 0 saturated heterocycles. The van der Waals surface area contributed by atoms with Crippen LogP contribution >= 0.6 is 0 Å². The largest absolute Gasteiger partial charge is 0.573 e. The molecule has 8 atom stereocenters. The van der Waals surface area contributed by atoms with Crippen LogP contribution in [0, 0.1) is 10.8 Å². The predicted octanol–water partition coefficient (Wildman–Crippen LogP) is 11.6. The molecule has 29 heteroatoms. The van der Waals surface area contributed by atoms with Crippen LogP contribution < -0.4 is 9.47 Å². The summed E-state index contributed by atoms with van der Waals surface area (Å²) in [5.41, 5.74) is -6.45. The summed E-state index contributed by atoms with van der Waals surface area (Å²) in [5, 5.41) is 0. The van der Waals surface area contributed by atoms with Crippen LogP contribution in [0.2, 0.25) is 0 Å². The molecule has 4 amide bonds. The Kier molecular flexibility index (Phi) is 28.9. The van der Waals surface area contributed by atoms with Crippen molar-refractivity contribution in [3.63, 3.8) is 0 Å². The zero-order chi connectivity index (χ0) is 74.3. The first-order chi connectivity index (χ1) is 44.1. The number of halogens is 8. The van der Waals surface area contributed by atoms with Crippen molar-refractivity contribution in [2.45, 2.75) is 227 Å².